The average molecular weight is 455 g/mol. The Morgan fingerprint density at radius 1 is 1.03 bits per heavy atom. The minimum atomic E-state index is 0.766. The third-order valence-electron chi connectivity index (χ3n) is 6.19. The summed E-state index contributed by atoms with van der Waals surface area (Å²) in [5, 5.41) is 3.38. The Morgan fingerprint density at radius 2 is 1.79 bits per heavy atom. The lowest BCUT2D eigenvalue weighted by molar-refractivity contribution is 0.220. The summed E-state index contributed by atoms with van der Waals surface area (Å²) in [5.74, 6) is 0. The molecule has 0 saturated carbocycles. The minimum Gasteiger partial charge on any atom is -0.378 e. The van der Waals surface area contributed by atoms with Gasteiger partial charge in [0.15, 0.2) is 0 Å². The number of likely N-dealkylation sites (tertiary alicyclic amines) is 1. The minimum absolute atomic E-state index is 0.766. The summed E-state index contributed by atoms with van der Waals surface area (Å²) < 4.78 is 0. The second-order valence-corrected chi connectivity index (χ2v) is 9.04. The predicted molar refractivity (Wildman–Crippen MR) is 146 cm³/mol. The van der Waals surface area contributed by atoms with Crippen LogP contribution in [0, 0.1) is 0 Å². The predicted octanol–water partition coefficient (Wildman–Crippen LogP) is 6.39. The molecule has 4 nitrogen and oxygen atoms in total. The Morgan fingerprint density at radius 3 is 2.50 bits per heavy atom. The zero-order chi connectivity index (χ0) is 24.5. The highest BCUT2D eigenvalue weighted by molar-refractivity contribution is 5.79. The van der Waals surface area contributed by atoms with Crippen LogP contribution < -0.4 is 5.32 Å². The number of pyridine rings is 1. The zero-order valence-electron chi connectivity index (χ0n) is 21.0. The smallest absolute Gasteiger partial charge is 0.0384 e. The molecular weight excluding hydrogens is 416 g/mol. The van der Waals surface area contributed by atoms with Crippen molar-refractivity contribution in [2.45, 2.75) is 32.7 Å². The highest BCUT2D eigenvalue weighted by Gasteiger charge is 2.12. The SMILES string of the molecule is C=C(NC(/C=C\C(=C)N(C)C)=C/C)C(=C)c1cccc(-c2cncc(CN3CCCCC3)c2)c1. The zero-order valence-corrected chi connectivity index (χ0v) is 21.0. The molecule has 1 aromatic carbocycles. The maximum atomic E-state index is 4.53. The van der Waals surface area contributed by atoms with Crippen LogP contribution in [-0.4, -0.2) is 42.0 Å². The Bertz CT molecular complexity index is 1080. The van der Waals surface area contributed by atoms with Gasteiger partial charge in [0.1, 0.15) is 0 Å². The summed E-state index contributed by atoms with van der Waals surface area (Å²) in [7, 11) is 3.95. The molecule has 0 spiro atoms. The molecule has 1 N–H and O–H groups in total. The molecule has 0 radical (unpaired) electrons. The highest BCUT2D eigenvalue weighted by atomic mass is 15.1. The summed E-state index contributed by atoms with van der Waals surface area (Å²) in [5.41, 5.74) is 8.05. The first kappa shape index (κ1) is 25.3. The fourth-order valence-electron chi connectivity index (χ4n) is 3.96. The number of likely N-dealkylation sites (N-methyl/N-ethyl adjacent to an activating group) is 1. The van der Waals surface area contributed by atoms with Crippen molar-refractivity contribution < 1.29 is 0 Å². The first-order valence-electron chi connectivity index (χ1n) is 12.0. The third kappa shape index (κ3) is 7.06. The van der Waals surface area contributed by atoms with Gasteiger partial charge >= 0.3 is 0 Å². The molecule has 1 aliphatic rings. The van der Waals surface area contributed by atoms with Crippen molar-refractivity contribution in [3.63, 3.8) is 0 Å². The number of benzene rings is 1. The summed E-state index contributed by atoms with van der Waals surface area (Å²) in [6, 6.07) is 10.7. The van der Waals surface area contributed by atoms with Gasteiger partial charge in [-0.1, -0.05) is 50.4 Å². The summed E-state index contributed by atoms with van der Waals surface area (Å²) in [6.07, 6.45) is 13.9. The van der Waals surface area contributed by atoms with Crippen LogP contribution in [0.4, 0.5) is 0 Å². The van der Waals surface area contributed by atoms with Crippen molar-refractivity contribution in [2.24, 2.45) is 0 Å². The van der Waals surface area contributed by atoms with Crippen LogP contribution in [0.5, 0.6) is 0 Å². The van der Waals surface area contributed by atoms with Crippen LogP contribution >= 0.6 is 0 Å². The lowest BCUT2D eigenvalue weighted by Crippen LogP contribution is -2.29. The Hall–Kier alpha value is -3.37. The molecule has 0 amide bonds. The summed E-state index contributed by atoms with van der Waals surface area (Å²) in [4.78, 5) is 9.03. The first-order chi connectivity index (χ1) is 16.4. The molecule has 1 aliphatic heterocycles. The molecule has 0 unspecified atom stereocenters. The highest BCUT2D eigenvalue weighted by Crippen LogP contribution is 2.26. The van der Waals surface area contributed by atoms with Crippen molar-refractivity contribution in [2.75, 3.05) is 27.2 Å². The van der Waals surface area contributed by atoms with E-state index in [0.29, 0.717) is 0 Å². The van der Waals surface area contributed by atoms with Crippen molar-refractivity contribution in [3.05, 3.63) is 109 Å². The topological polar surface area (TPSA) is 31.4 Å². The van der Waals surface area contributed by atoms with Gasteiger partial charge in [-0.25, -0.2) is 0 Å². The van der Waals surface area contributed by atoms with E-state index in [1.807, 2.05) is 56.5 Å². The van der Waals surface area contributed by atoms with E-state index in [1.54, 1.807) is 0 Å². The van der Waals surface area contributed by atoms with Gasteiger partial charge < -0.3 is 10.2 Å². The van der Waals surface area contributed by atoms with Crippen molar-refractivity contribution in [1.29, 1.82) is 0 Å². The summed E-state index contributed by atoms with van der Waals surface area (Å²) in [6.45, 7) is 17.9. The Balaban J connectivity index is 1.71. The van der Waals surface area contributed by atoms with Crippen LogP contribution in [-0.2, 0) is 6.54 Å². The molecule has 2 heterocycles. The van der Waals surface area contributed by atoms with E-state index < -0.39 is 0 Å². The molecule has 4 heteroatoms. The number of aromatic nitrogens is 1. The quantitative estimate of drug-likeness (QED) is 0.422. The molecule has 0 atom stereocenters. The Kier molecular flexibility index (Phi) is 9.06. The monoisotopic (exact) mass is 454 g/mol. The lowest BCUT2D eigenvalue weighted by atomic mass is 9.98. The fraction of sp³-hybridized carbons (Fsp3) is 0.300. The van der Waals surface area contributed by atoms with Crippen molar-refractivity contribution in [1.82, 2.24) is 20.1 Å². The molecule has 3 rings (SSSR count). The normalized spacial score (nSPS) is 14.7. The maximum Gasteiger partial charge on any atom is 0.0384 e. The van der Waals surface area contributed by atoms with Gasteiger partial charge in [-0.2, -0.15) is 0 Å². The molecule has 34 heavy (non-hydrogen) atoms. The molecule has 178 valence electrons. The fourth-order valence-corrected chi connectivity index (χ4v) is 3.96. The number of rotatable bonds is 10. The molecule has 1 fully saturated rings. The van der Waals surface area contributed by atoms with Gasteiger partial charge in [-0.3, -0.25) is 9.88 Å². The Labute approximate surface area is 205 Å². The van der Waals surface area contributed by atoms with Gasteiger partial charge in [-0.15, -0.1) is 0 Å². The van der Waals surface area contributed by atoms with Crippen molar-refractivity contribution in [3.8, 4) is 11.1 Å². The number of hydrogen-bond donors (Lipinski definition) is 1. The van der Waals surface area contributed by atoms with E-state index in [1.165, 1.54) is 37.9 Å². The number of nitrogens with one attached hydrogen (secondary N) is 1. The standard InChI is InChI=1S/C30H38N4/c1-7-30(15-14-23(2)33(5)6)32-25(4)24(3)27-12-11-13-28(19-27)29-18-26(20-31-21-29)22-34-16-9-8-10-17-34/h7,11-15,18-21,32H,2-4,8-10,16-17,22H2,1,5-6H3/b15-14-,30-7+. The van der Waals surface area contributed by atoms with E-state index in [9.17, 15) is 0 Å². The second kappa shape index (κ2) is 12.2. The largest absolute Gasteiger partial charge is 0.378 e. The van der Waals surface area contributed by atoms with E-state index in [4.69, 9.17) is 0 Å². The van der Waals surface area contributed by atoms with E-state index in [0.717, 1.165) is 45.9 Å². The van der Waals surface area contributed by atoms with Crippen LogP contribution in [0.3, 0.4) is 0 Å². The number of nitrogens with zero attached hydrogens (tertiary/aromatic N) is 3. The first-order valence-corrected chi connectivity index (χ1v) is 12.0. The molecule has 0 bridgehead atoms. The lowest BCUT2D eigenvalue weighted by Gasteiger charge is -2.26. The molecule has 0 aliphatic carbocycles. The van der Waals surface area contributed by atoms with Gasteiger partial charge in [-0.05, 0) is 79.4 Å². The maximum absolute atomic E-state index is 4.53. The van der Waals surface area contributed by atoms with Crippen LogP contribution in [0.1, 0.15) is 37.3 Å². The molecule has 1 saturated heterocycles. The summed E-state index contributed by atoms with van der Waals surface area (Å²) >= 11 is 0. The van der Waals surface area contributed by atoms with Gasteiger partial charge in [0.25, 0.3) is 0 Å². The van der Waals surface area contributed by atoms with E-state index in [-0.39, 0.29) is 0 Å². The van der Waals surface area contributed by atoms with Gasteiger partial charge in [0, 0.05) is 55.7 Å². The van der Waals surface area contributed by atoms with Crippen molar-refractivity contribution >= 4 is 5.57 Å². The molecule has 2 aromatic rings. The third-order valence-corrected chi connectivity index (χ3v) is 6.19. The van der Waals surface area contributed by atoms with Gasteiger partial charge in [0.05, 0.1) is 0 Å². The number of hydrogen-bond acceptors (Lipinski definition) is 4. The molecular formula is C30H38N4. The second-order valence-electron chi connectivity index (χ2n) is 9.04. The average Bonchev–Trinajstić information content (AvgIpc) is 2.86. The van der Waals surface area contributed by atoms with Gasteiger partial charge in [0.2, 0.25) is 0 Å². The number of piperidine rings is 1. The van der Waals surface area contributed by atoms with E-state index in [2.05, 4.69) is 65.3 Å². The van der Waals surface area contributed by atoms with E-state index >= 15 is 0 Å². The van der Waals surface area contributed by atoms with Crippen LogP contribution in [0.25, 0.3) is 16.7 Å². The van der Waals surface area contributed by atoms with Crippen LogP contribution in [0.2, 0.25) is 0 Å². The molecule has 1 aromatic heterocycles. The number of allylic oxidation sites excluding steroid dienone is 4. The van der Waals surface area contributed by atoms with Crippen LogP contribution in [0.15, 0.2) is 97.8 Å².